The Labute approximate surface area is 158 Å². The summed E-state index contributed by atoms with van der Waals surface area (Å²) in [5, 5.41) is 5.53. The summed E-state index contributed by atoms with van der Waals surface area (Å²) in [4.78, 5) is 17.2. The molecular weight excluding hydrogens is 358 g/mol. The highest BCUT2D eigenvalue weighted by Crippen LogP contribution is 2.33. The summed E-state index contributed by atoms with van der Waals surface area (Å²) in [5.41, 5.74) is 8.46. The largest absolute Gasteiger partial charge is 0.493 e. The van der Waals surface area contributed by atoms with Gasteiger partial charge in [0.15, 0.2) is 5.13 Å². The van der Waals surface area contributed by atoms with Gasteiger partial charge in [-0.25, -0.2) is 4.98 Å². The highest BCUT2D eigenvalue weighted by Gasteiger charge is 2.33. The zero-order valence-corrected chi connectivity index (χ0v) is 16.1. The lowest BCUT2D eigenvalue weighted by Crippen LogP contribution is -2.41. The number of nitrogens with one attached hydrogen (secondary N) is 1. The highest BCUT2D eigenvalue weighted by atomic mass is 35.5. The van der Waals surface area contributed by atoms with Gasteiger partial charge in [-0.1, -0.05) is 13.8 Å². The number of nitrogens with two attached hydrogens (primary N) is 1. The topological polar surface area (TPSA) is 77.2 Å². The predicted octanol–water partition coefficient (Wildman–Crippen LogP) is 3.87. The molecule has 0 radical (unpaired) electrons. The van der Waals surface area contributed by atoms with Gasteiger partial charge < -0.3 is 15.8 Å². The molecule has 25 heavy (non-hydrogen) atoms. The van der Waals surface area contributed by atoms with Crippen LogP contribution in [0, 0.1) is 5.41 Å². The molecule has 0 unspecified atom stereocenters. The van der Waals surface area contributed by atoms with Gasteiger partial charge in [0, 0.05) is 23.9 Å². The number of halogens is 1. The molecule has 7 heteroatoms. The number of hydrogen-bond donors (Lipinski definition) is 2. The molecule has 136 valence electrons. The number of carbonyl (C=O) groups excluding carboxylic acids is 1. The van der Waals surface area contributed by atoms with Gasteiger partial charge in [-0.15, -0.1) is 23.7 Å². The van der Waals surface area contributed by atoms with E-state index in [2.05, 4.69) is 16.4 Å². The molecule has 0 atom stereocenters. The monoisotopic (exact) mass is 381 g/mol. The van der Waals surface area contributed by atoms with E-state index in [4.69, 9.17) is 10.5 Å². The molecule has 0 saturated carbocycles. The number of nitrogens with zero attached hydrogens (tertiary/aromatic N) is 1. The Morgan fingerprint density at radius 3 is 2.84 bits per heavy atom. The summed E-state index contributed by atoms with van der Waals surface area (Å²) in [6.07, 6.45) is 2.37. The van der Waals surface area contributed by atoms with E-state index in [-0.39, 0.29) is 18.3 Å². The molecule has 0 aliphatic carbocycles. The molecule has 0 spiro atoms. The number of anilines is 1. The van der Waals surface area contributed by atoms with Crippen LogP contribution >= 0.6 is 23.7 Å². The van der Waals surface area contributed by atoms with Gasteiger partial charge in [0.05, 0.1) is 17.7 Å². The Kier molecular flexibility index (Phi) is 6.43. The lowest BCUT2D eigenvalue weighted by Gasteiger charge is -2.27. The second kappa shape index (κ2) is 8.17. The Morgan fingerprint density at radius 2 is 2.16 bits per heavy atom. The average Bonchev–Trinajstić information content (AvgIpc) is 3.25. The van der Waals surface area contributed by atoms with Gasteiger partial charge in [0.2, 0.25) is 5.91 Å². The van der Waals surface area contributed by atoms with Crippen LogP contribution in [-0.2, 0) is 11.2 Å². The first-order valence-electron chi connectivity index (χ1n) is 8.35. The van der Waals surface area contributed by atoms with Crippen LogP contribution in [0.4, 0.5) is 5.13 Å². The summed E-state index contributed by atoms with van der Waals surface area (Å²) in [6, 6.07) is 6.11. The van der Waals surface area contributed by atoms with Crippen LogP contribution in [0.2, 0.25) is 0 Å². The fourth-order valence-corrected chi connectivity index (χ4v) is 3.71. The van der Waals surface area contributed by atoms with Crippen LogP contribution < -0.4 is 15.8 Å². The third kappa shape index (κ3) is 3.81. The van der Waals surface area contributed by atoms with Crippen molar-refractivity contribution in [3.8, 4) is 17.0 Å². The summed E-state index contributed by atoms with van der Waals surface area (Å²) in [5.74, 6) is 0.916. The van der Waals surface area contributed by atoms with Crippen LogP contribution in [0.1, 0.15) is 32.3 Å². The first-order valence-corrected chi connectivity index (χ1v) is 9.23. The molecule has 1 aromatic heterocycles. The number of aromatic nitrogens is 1. The molecule has 1 aromatic carbocycles. The number of thiazole rings is 1. The molecule has 0 saturated heterocycles. The summed E-state index contributed by atoms with van der Waals surface area (Å²) >= 11 is 1.44. The molecule has 2 heterocycles. The van der Waals surface area contributed by atoms with Crippen LogP contribution in [0.5, 0.6) is 5.75 Å². The van der Waals surface area contributed by atoms with E-state index >= 15 is 0 Å². The van der Waals surface area contributed by atoms with E-state index in [0.717, 1.165) is 42.9 Å². The highest BCUT2D eigenvalue weighted by molar-refractivity contribution is 7.14. The third-order valence-electron chi connectivity index (χ3n) is 4.94. The van der Waals surface area contributed by atoms with E-state index in [1.54, 1.807) is 0 Å². The van der Waals surface area contributed by atoms with Crippen molar-refractivity contribution in [3.63, 3.8) is 0 Å². The number of amides is 1. The molecule has 3 N–H and O–H groups in total. The molecule has 0 bridgehead atoms. The van der Waals surface area contributed by atoms with Crippen molar-refractivity contribution in [1.29, 1.82) is 0 Å². The quantitative estimate of drug-likeness (QED) is 0.796. The molecule has 1 amide bonds. The lowest BCUT2D eigenvalue weighted by molar-refractivity contribution is -0.125. The SMILES string of the molecule is CCC(CC)(CN)C(=O)Nc1nc(-c2ccc3c(c2)CCO3)cs1.Cl. The van der Waals surface area contributed by atoms with Gasteiger partial charge in [-0.3, -0.25) is 4.79 Å². The smallest absolute Gasteiger partial charge is 0.233 e. The van der Waals surface area contributed by atoms with E-state index < -0.39 is 5.41 Å². The number of carbonyl (C=O) groups is 1. The molecular formula is C18H24ClN3O2S. The van der Waals surface area contributed by atoms with Crippen LogP contribution in [0.15, 0.2) is 23.6 Å². The minimum absolute atomic E-state index is 0. The number of hydrogen-bond acceptors (Lipinski definition) is 5. The van der Waals surface area contributed by atoms with Gasteiger partial charge >= 0.3 is 0 Å². The third-order valence-corrected chi connectivity index (χ3v) is 5.69. The zero-order valence-electron chi connectivity index (χ0n) is 14.5. The van der Waals surface area contributed by atoms with Gasteiger partial charge in [0.25, 0.3) is 0 Å². The summed E-state index contributed by atoms with van der Waals surface area (Å²) < 4.78 is 5.53. The number of fused-ring (bicyclic) bond motifs is 1. The van der Waals surface area contributed by atoms with Crippen molar-refractivity contribution in [2.45, 2.75) is 33.1 Å². The van der Waals surface area contributed by atoms with Gasteiger partial charge in [-0.2, -0.15) is 0 Å². The maximum absolute atomic E-state index is 12.6. The van der Waals surface area contributed by atoms with Crippen LogP contribution in [0.3, 0.4) is 0 Å². The maximum atomic E-state index is 12.6. The minimum atomic E-state index is -0.517. The summed E-state index contributed by atoms with van der Waals surface area (Å²) in [6.45, 7) is 5.08. The zero-order chi connectivity index (χ0) is 17.2. The van der Waals surface area contributed by atoms with E-state index in [1.165, 1.54) is 16.9 Å². The molecule has 3 rings (SSSR count). The number of ether oxygens (including phenoxy) is 1. The van der Waals surface area contributed by atoms with Crippen molar-refractivity contribution < 1.29 is 9.53 Å². The Hall–Kier alpha value is -1.63. The molecule has 5 nitrogen and oxygen atoms in total. The molecule has 0 fully saturated rings. The lowest BCUT2D eigenvalue weighted by atomic mass is 9.81. The minimum Gasteiger partial charge on any atom is -0.493 e. The molecule has 2 aromatic rings. The van der Waals surface area contributed by atoms with Gasteiger partial charge in [-0.05, 0) is 36.6 Å². The first-order chi connectivity index (χ1) is 11.6. The van der Waals surface area contributed by atoms with Crippen LogP contribution in [-0.4, -0.2) is 24.0 Å². The first kappa shape index (κ1) is 19.7. The number of rotatable bonds is 6. The van der Waals surface area contributed by atoms with Crippen LogP contribution in [0.25, 0.3) is 11.3 Å². The van der Waals surface area contributed by atoms with E-state index in [0.29, 0.717) is 11.7 Å². The van der Waals surface area contributed by atoms with E-state index in [1.807, 2.05) is 31.4 Å². The Morgan fingerprint density at radius 1 is 1.40 bits per heavy atom. The normalized spacial score (nSPS) is 12.9. The van der Waals surface area contributed by atoms with Crippen molar-refractivity contribution in [2.75, 3.05) is 18.5 Å². The summed E-state index contributed by atoms with van der Waals surface area (Å²) in [7, 11) is 0. The maximum Gasteiger partial charge on any atom is 0.233 e. The fourth-order valence-electron chi connectivity index (χ4n) is 2.99. The second-order valence-electron chi connectivity index (χ2n) is 6.10. The van der Waals surface area contributed by atoms with Crippen molar-refractivity contribution in [2.24, 2.45) is 11.1 Å². The standard InChI is InChI=1S/C18H23N3O2S.ClH/c1-3-18(4-2,11-19)16(22)21-17-20-14(10-24-17)12-5-6-15-13(9-12)7-8-23-15;/h5-6,9-10H,3-4,7-8,11,19H2,1-2H3,(H,20,21,22);1H. The van der Waals surface area contributed by atoms with Crippen molar-refractivity contribution in [1.82, 2.24) is 4.98 Å². The van der Waals surface area contributed by atoms with Gasteiger partial charge in [0.1, 0.15) is 5.75 Å². The predicted molar refractivity (Wildman–Crippen MR) is 105 cm³/mol. The molecule has 1 aliphatic rings. The molecule has 1 aliphatic heterocycles. The van der Waals surface area contributed by atoms with E-state index in [9.17, 15) is 4.79 Å². The van der Waals surface area contributed by atoms with Crippen molar-refractivity contribution in [3.05, 3.63) is 29.1 Å². The van der Waals surface area contributed by atoms with Crippen molar-refractivity contribution >= 4 is 34.8 Å². The Bertz CT molecular complexity index is 735. The fraction of sp³-hybridized carbons (Fsp3) is 0.444. The second-order valence-corrected chi connectivity index (χ2v) is 6.96. The average molecular weight is 382 g/mol. The Balaban J connectivity index is 0.00000225. The number of benzene rings is 1.